The SMILES string of the molecule is CC1CN(c2ccccc2CNC2CCN(C(N)=O)CC2)CC(C)O1. The average molecular weight is 346 g/mol. The van der Waals surface area contributed by atoms with Crippen LogP contribution in [0.25, 0.3) is 0 Å². The van der Waals surface area contributed by atoms with Crippen LogP contribution in [0.3, 0.4) is 0 Å². The topological polar surface area (TPSA) is 70.8 Å². The van der Waals surface area contributed by atoms with Gasteiger partial charge in [0.25, 0.3) is 0 Å². The van der Waals surface area contributed by atoms with Gasteiger partial charge in [0.15, 0.2) is 0 Å². The van der Waals surface area contributed by atoms with Gasteiger partial charge >= 0.3 is 6.03 Å². The smallest absolute Gasteiger partial charge is 0.314 e. The minimum Gasteiger partial charge on any atom is -0.372 e. The molecule has 6 nitrogen and oxygen atoms in total. The van der Waals surface area contributed by atoms with Gasteiger partial charge in [-0.2, -0.15) is 0 Å². The number of amides is 2. The standard InChI is InChI=1S/C19H30N4O2/c1-14-12-23(13-15(2)25-14)18-6-4-3-5-16(18)11-21-17-7-9-22(10-8-17)19(20)24/h3-6,14-15,17,21H,7-13H2,1-2H3,(H2,20,24). The van der Waals surface area contributed by atoms with E-state index in [-0.39, 0.29) is 18.2 Å². The molecular formula is C19H30N4O2. The first kappa shape index (κ1) is 18.0. The summed E-state index contributed by atoms with van der Waals surface area (Å²) in [6.45, 7) is 8.46. The van der Waals surface area contributed by atoms with Crippen LogP contribution in [0.2, 0.25) is 0 Å². The summed E-state index contributed by atoms with van der Waals surface area (Å²) in [6, 6.07) is 8.74. The van der Waals surface area contributed by atoms with Crippen molar-refractivity contribution >= 4 is 11.7 Å². The Labute approximate surface area is 150 Å². The molecule has 0 aliphatic carbocycles. The minimum absolute atomic E-state index is 0.253. The predicted octanol–water partition coefficient (Wildman–Crippen LogP) is 1.93. The zero-order valence-corrected chi connectivity index (χ0v) is 15.3. The summed E-state index contributed by atoms with van der Waals surface area (Å²) in [5, 5.41) is 3.66. The molecule has 2 unspecified atom stereocenters. The van der Waals surface area contributed by atoms with E-state index in [2.05, 4.69) is 48.3 Å². The molecule has 2 saturated heterocycles. The second-order valence-electron chi connectivity index (χ2n) is 7.27. The number of anilines is 1. The quantitative estimate of drug-likeness (QED) is 0.874. The number of benzene rings is 1. The number of morpholine rings is 1. The molecule has 6 heteroatoms. The van der Waals surface area contributed by atoms with Gasteiger partial charge in [0.1, 0.15) is 0 Å². The molecule has 1 aromatic rings. The number of piperidine rings is 1. The van der Waals surface area contributed by atoms with E-state index < -0.39 is 0 Å². The van der Waals surface area contributed by atoms with Gasteiger partial charge in [0.05, 0.1) is 12.2 Å². The van der Waals surface area contributed by atoms with E-state index in [0.29, 0.717) is 6.04 Å². The van der Waals surface area contributed by atoms with Gasteiger partial charge in [-0.25, -0.2) is 4.79 Å². The van der Waals surface area contributed by atoms with Gasteiger partial charge in [0, 0.05) is 44.5 Å². The number of nitrogens with zero attached hydrogens (tertiary/aromatic N) is 2. The summed E-state index contributed by atoms with van der Waals surface area (Å²) in [4.78, 5) is 15.4. The average Bonchev–Trinajstić information content (AvgIpc) is 2.59. The third-order valence-corrected chi connectivity index (χ3v) is 5.14. The molecule has 2 aliphatic rings. The lowest BCUT2D eigenvalue weighted by molar-refractivity contribution is -0.00527. The molecular weight excluding hydrogens is 316 g/mol. The number of carbonyl (C=O) groups is 1. The number of nitrogens with two attached hydrogens (primary N) is 1. The number of primary amides is 1. The Morgan fingerprint density at radius 2 is 1.84 bits per heavy atom. The highest BCUT2D eigenvalue weighted by atomic mass is 16.5. The van der Waals surface area contributed by atoms with E-state index in [9.17, 15) is 4.79 Å². The first-order valence-electron chi connectivity index (χ1n) is 9.29. The van der Waals surface area contributed by atoms with Crippen LogP contribution >= 0.6 is 0 Å². The highest BCUT2D eigenvalue weighted by molar-refractivity contribution is 5.72. The lowest BCUT2D eigenvalue weighted by Gasteiger charge is -2.38. The Bertz CT molecular complexity index is 577. The molecule has 3 rings (SSSR count). The Hall–Kier alpha value is -1.79. The van der Waals surface area contributed by atoms with Crippen molar-refractivity contribution < 1.29 is 9.53 Å². The number of ether oxygens (including phenoxy) is 1. The number of para-hydroxylation sites is 1. The second kappa shape index (κ2) is 8.06. The Kier molecular flexibility index (Phi) is 5.81. The highest BCUT2D eigenvalue weighted by Crippen LogP contribution is 2.25. The first-order chi connectivity index (χ1) is 12.0. The highest BCUT2D eigenvalue weighted by Gasteiger charge is 2.24. The summed E-state index contributed by atoms with van der Waals surface area (Å²) in [5.41, 5.74) is 7.97. The zero-order chi connectivity index (χ0) is 17.8. The molecule has 138 valence electrons. The van der Waals surface area contributed by atoms with Crippen LogP contribution in [-0.4, -0.2) is 55.4 Å². The molecule has 0 radical (unpaired) electrons. The third-order valence-electron chi connectivity index (χ3n) is 5.14. The maximum atomic E-state index is 11.2. The van der Waals surface area contributed by atoms with Crippen molar-refractivity contribution in [1.29, 1.82) is 0 Å². The fourth-order valence-corrected chi connectivity index (χ4v) is 3.90. The van der Waals surface area contributed by atoms with Gasteiger partial charge < -0.3 is 25.6 Å². The lowest BCUT2D eigenvalue weighted by Crippen LogP contribution is -2.47. The van der Waals surface area contributed by atoms with E-state index >= 15 is 0 Å². The van der Waals surface area contributed by atoms with Crippen LogP contribution in [0.1, 0.15) is 32.3 Å². The van der Waals surface area contributed by atoms with Gasteiger partial charge in [-0.3, -0.25) is 0 Å². The number of urea groups is 1. The molecule has 0 saturated carbocycles. The van der Waals surface area contributed by atoms with E-state index in [1.807, 2.05) is 0 Å². The first-order valence-corrected chi connectivity index (χ1v) is 9.29. The van der Waals surface area contributed by atoms with E-state index in [1.165, 1.54) is 11.3 Å². The van der Waals surface area contributed by atoms with Crippen molar-refractivity contribution in [2.45, 2.75) is 51.5 Å². The molecule has 2 aliphatic heterocycles. The van der Waals surface area contributed by atoms with Gasteiger partial charge in [-0.1, -0.05) is 18.2 Å². The zero-order valence-electron chi connectivity index (χ0n) is 15.3. The fourth-order valence-electron chi connectivity index (χ4n) is 3.90. The van der Waals surface area contributed by atoms with Crippen molar-refractivity contribution in [3.05, 3.63) is 29.8 Å². The van der Waals surface area contributed by atoms with Gasteiger partial charge in [0.2, 0.25) is 0 Å². The molecule has 0 bridgehead atoms. The van der Waals surface area contributed by atoms with E-state index in [0.717, 1.165) is 45.6 Å². The van der Waals surface area contributed by atoms with Crippen LogP contribution < -0.4 is 16.0 Å². The fraction of sp³-hybridized carbons (Fsp3) is 0.632. The number of likely N-dealkylation sites (tertiary alicyclic amines) is 1. The number of hydrogen-bond acceptors (Lipinski definition) is 4. The molecule has 0 aromatic heterocycles. The third kappa shape index (κ3) is 4.64. The molecule has 0 spiro atoms. The van der Waals surface area contributed by atoms with Crippen LogP contribution in [0, 0.1) is 0 Å². The maximum Gasteiger partial charge on any atom is 0.314 e. The molecule has 2 atom stereocenters. The normalized spacial score (nSPS) is 25.2. The van der Waals surface area contributed by atoms with Crippen molar-refractivity contribution in [2.75, 3.05) is 31.1 Å². The Balaban J connectivity index is 1.59. The molecule has 3 N–H and O–H groups in total. The Morgan fingerprint density at radius 3 is 2.48 bits per heavy atom. The van der Waals surface area contributed by atoms with Gasteiger partial charge in [-0.05, 0) is 38.3 Å². The number of carbonyl (C=O) groups excluding carboxylic acids is 1. The maximum absolute atomic E-state index is 11.2. The molecule has 2 fully saturated rings. The van der Waals surface area contributed by atoms with E-state index in [1.54, 1.807) is 4.90 Å². The van der Waals surface area contributed by atoms with E-state index in [4.69, 9.17) is 10.5 Å². The second-order valence-corrected chi connectivity index (χ2v) is 7.27. The lowest BCUT2D eigenvalue weighted by atomic mass is 10.0. The van der Waals surface area contributed by atoms with Gasteiger partial charge in [-0.15, -0.1) is 0 Å². The predicted molar refractivity (Wildman–Crippen MR) is 99.7 cm³/mol. The van der Waals surface area contributed by atoms with Crippen molar-refractivity contribution in [2.24, 2.45) is 5.73 Å². The monoisotopic (exact) mass is 346 g/mol. The number of rotatable bonds is 4. The van der Waals surface area contributed by atoms with Crippen LogP contribution in [0.15, 0.2) is 24.3 Å². The summed E-state index contributed by atoms with van der Waals surface area (Å²) in [7, 11) is 0. The van der Waals surface area contributed by atoms with Crippen LogP contribution in [0.4, 0.5) is 10.5 Å². The Morgan fingerprint density at radius 1 is 1.20 bits per heavy atom. The summed E-state index contributed by atoms with van der Waals surface area (Å²) < 4.78 is 5.86. The van der Waals surface area contributed by atoms with Crippen molar-refractivity contribution in [1.82, 2.24) is 10.2 Å². The molecule has 1 aromatic carbocycles. The number of nitrogens with one attached hydrogen (secondary N) is 1. The molecule has 2 amide bonds. The van der Waals surface area contributed by atoms with Crippen molar-refractivity contribution in [3.63, 3.8) is 0 Å². The molecule has 25 heavy (non-hydrogen) atoms. The summed E-state index contributed by atoms with van der Waals surface area (Å²) in [6.07, 6.45) is 2.42. The van der Waals surface area contributed by atoms with Crippen molar-refractivity contribution in [3.8, 4) is 0 Å². The molecule has 2 heterocycles. The largest absolute Gasteiger partial charge is 0.372 e. The minimum atomic E-state index is -0.306. The number of hydrogen-bond donors (Lipinski definition) is 2. The van der Waals surface area contributed by atoms with Crippen LogP contribution in [-0.2, 0) is 11.3 Å². The summed E-state index contributed by atoms with van der Waals surface area (Å²) in [5.74, 6) is 0. The summed E-state index contributed by atoms with van der Waals surface area (Å²) >= 11 is 0. The van der Waals surface area contributed by atoms with Crippen LogP contribution in [0.5, 0.6) is 0 Å².